The summed E-state index contributed by atoms with van der Waals surface area (Å²) in [5, 5.41) is 11.8. The molecule has 0 aromatic heterocycles. The van der Waals surface area contributed by atoms with Gasteiger partial charge in [0.2, 0.25) is 0 Å². The molecule has 0 amide bonds. The molecule has 0 unspecified atom stereocenters. The van der Waals surface area contributed by atoms with E-state index in [0.29, 0.717) is 17.8 Å². The molecule has 2 rings (SSSR count). The second kappa shape index (κ2) is 6.26. The van der Waals surface area contributed by atoms with Gasteiger partial charge in [-0.05, 0) is 36.2 Å². The normalized spacial score (nSPS) is 11.5. The Bertz CT molecular complexity index is 670. The zero-order chi connectivity index (χ0) is 15.4. The summed E-state index contributed by atoms with van der Waals surface area (Å²) in [5.74, 6) is -0.536. The Kier molecular flexibility index (Phi) is 4.42. The van der Waals surface area contributed by atoms with Crippen molar-refractivity contribution in [2.24, 2.45) is 10.9 Å². The number of amidine groups is 1. The van der Waals surface area contributed by atoms with Crippen LogP contribution in [-0.4, -0.2) is 18.1 Å². The van der Waals surface area contributed by atoms with E-state index in [1.54, 1.807) is 6.07 Å². The lowest BCUT2D eigenvalue weighted by Gasteiger charge is -2.23. The molecule has 0 saturated carbocycles. The standard InChI is InChI=1S/C16H18FN3O/c1-11-5-3-4-6-12(11)10-20(2)15-8-7-13(17)9-14(15)16(18)19-21/h3-9,21H,10H2,1-2H3,(H2,18,19). The van der Waals surface area contributed by atoms with E-state index in [2.05, 4.69) is 5.16 Å². The minimum atomic E-state index is -0.426. The smallest absolute Gasteiger partial charge is 0.172 e. The van der Waals surface area contributed by atoms with Crippen LogP contribution in [0.5, 0.6) is 0 Å². The Morgan fingerprint density at radius 1 is 1.29 bits per heavy atom. The third kappa shape index (κ3) is 3.31. The van der Waals surface area contributed by atoms with E-state index < -0.39 is 5.82 Å². The highest BCUT2D eigenvalue weighted by Gasteiger charge is 2.13. The summed E-state index contributed by atoms with van der Waals surface area (Å²) in [5.41, 5.74) is 9.04. The maximum atomic E-state index is 13.4. The van der Waals surface area contributed by atoms with Crippen molar-refractivity contribution in [3.8, 4) is 0 Å². The molecule has 0 heterocycles. The van der Waals surface area contributed by atoms with Crippen LogP contribution < -0.4 is 10.6 Å². The van der Waals surface area contributed by atoms with Crippen LogP contribution in [0.3, 0.4) is 0 Å². The molecular weight excluding hydrogens is 269 g/mol. The van der Waals surface area contributed by atoms with Crippen molar-refractivity contribution in [1.29, 1.82) is 0 Å². The fraction of sp³-hybridized carbons (Fsp3) is 0.188. The monoisotopic (exact) mass is 287 g/mol. The van der Waals surface area contributed by atoms with E-state index >= 15 is 0 Å². The van der Waals surface area contributed by atoms with Crippen LogP contribution in [0.1, 0.15) is 16.7 Å². The highest BCUT2D eigenvalue weighted by molar-refractivity contribution is 6.02. The van der Waals surface area contributed by atoms with Gasteiger partial charge in [0.05, 0.1) is 0 Å². The summed E-state index contributed by atoms with van der Waals surface area (Å²) in [4.78, 5) is 1.94. The molecular formula is C16H18FN3O. The molecule has 2 aromatic rings. The van der Waals surface area contributed by atoms with E-state index in [0.717, 1.165) is 5.56 Å². The lowest BCUT2D eigenvalue weighted by atomic mass is 10.1. The first kappa shape index (κ1) is 14.8. The largest absolute Gasteiger partial charge is 0.409 e. The lowest BCUT2D eigenvalue weighted by Crippen LogP contribution is -2.23. The molecule has 0 saturated heterocycles. The Morgan fingerprint density at radius 2 is 2.00 bits per heavy atom. The lowest BCUT2D eigenvalue weighted by molar-refractivity contribution is 0.318. The summed E-state index contributed by atoms with van der Waals surface area (Å²) in [6.45, 7) is 2.68. The molecule has 4 nitrogen and oxygen atoms in total. The molecule has 0 atom stereocenters. The van der Waals surface area contributed by atoms with Gasteiger partial charge in [-0.3, -0.25) is 0 Å². The maximum absolute atomic E-state index is 13.4. The predicted octanol–water partition coefficient (Wildman–Crippen LogP) is 2.87. The highest BCUT2D eigenvalue weighted by atomic mass is 19.1. The number of hydrogen-bond acceptors (Lipinski definition) is 3. The van der Waals surface area contributed by atoms with Gasteiger partial charge >= 0.3 is 0 Å². The molecule has 5 heteroatoms. The molecule has 2 aromatic carbocycles. The first-order chi connectivity index (χ1) is 10.0. The average molecular weight is 287 g/mol. The van der Waals surface area contributed by atoms with Crippen LogP contribution in [0.15, 0.2) is 47.6 Å². The van der Waals surface area contributed by atoms with Crippen molar-refractivity contribution in [2.45, 2.75) is 13.5 Å². The third-order valence-electron chi connectivity index (χ3n) is 3.42. The maximum Gasteiger partial charge on any atom is 0.172 e. The van der Waals surface area contributed by atoms with E-state index in [1.165, 1.54) is 17.7 Å². The molecule has 0 aliphatic rings. The van der Waals surface area contributed by atoms with Gasteiger partial charge < -0.3 is 15.8 Å². The molecule has 0 fully saturated rings. The van der Waals surface area contributed by atoms with E-state index in [9.17, 15) is 4.39 Å². The van der Waals surface area contributed by atoms with Gasteiger partial charge in [-0.2, -0.15) is 0 Å². The van der Waals surface area contributed by atoms with Crippen LogP contribution in [0, 0.1) is 12.7 Å². The fourth-order valence-electron chi connectivity index (χ4n) is 2.23. The number of nitrogens with zero attached hydrogens (tertiary/aromatic N) is 2. The summed E-state index contributed by atoms with van der Waals surface area (Å²) in [6, 6.07) is 12.3. The van der Waals surface area contributed by atoms with E-state index in [1.807, 2.05) is 43.1 Å². The summed E-state index contributed by atoms with van der Waals surface area (Å²) < 4.78 is 13.4. The Labute approximate surface area is 123 Å². The number of halogens is 1. The molecule has 3 N–H and O–H groups in total. The topological polar surface area (TPSA) is 61.8 Å². The number of nitrogens with two attached hydrogens (primary N) is 1. The summed E-state index contributed by atoms with van der Waals surface area (Å²) >= 11 is 0. The summed E-state index contributed by atoms with van der Waals surface area (Å²) in [6.07, 6.45) is 0. The van der Waals surface area contributed by atoms with Gasteiger partial charge in [0.25, 0.3) is 0 Å². The van der Waals surface area contributed by atoms with E-state index in [4.69, 9.17) is 10.9 Å². The van der Waals surface area contributed by atoms with Crippen LogP contribution >= 0.6 is 0 Å². The number of benzene rings is 2. The fourth-order valence-corrected chi connectivity index (χ4v) is 2.23. The number of anilines is 1. The zero-order valence-corrected chi connectivity index (χ0v) is 12.0. The molecule has 0 spiro atoms. The van der Waals surface area contributed by atoms with Crippen molar-refractivity contribution in [1.82, 2.24) is 0 Å². The van der Waals surface area contributed by atoms with Gasteiger partial charge in [-0.25, -0.2) is 4.39 Å². The third-order valence-corrected chi connectivity index (χ3v) is 3.42. The van der Waals surface area contributed by atoms with Gasteiger partial charge in [-0.15, -0.1) is 0 Å². The van der Waals surface area contributed by atoms with E-state index in [-0.39, 0.29) is 5.84 Å². The summed E-state index contributed by atoms with van der Waals surface area (Å²) in [7, 11) is 1.88. The molecule has 0 aliphatic carbocycles. The molecule has 0 bridgehead atoms. The molecule has 110 valence electrons. The number of rotatable bonds is 4. The first-order valence-electron chi connectivity index (χ1n) is 6.56. The second-order valence-corrected chi connectivity index (χ2v) is 4.93. The van der Waals surface area contributed by atoms with Crippen molar-refractivity contribution in [2.75, 3.05) is 11.9 Å². The SMILES string of the molecule is Cc1ccccc1CN(C)c1ccc(F)cc1C(N)=NO. The predicted molar refractivity (Wildman–Crippen MR) is 82.2 cm³/mol. The van der Waals surface area contributed by atoms with Crippen molar-refractivity contribution >= 4 is 11.5 Å². The average Bonchev–Trinajstić information content (AvgIpc) is 2.48. The van der Waals surface area contributed by atoms with Gasteiger partial charge in [0.15, 0.2) is 5.84 Å². The van der Waals surface area contributed by atoms with Crippen LogP contribution in [0.2, 0.25) is 0 Å². The molecule has 0 aliphatic heterocycles. The Balaban J connectivity index is 2.35. The Hall–Kier alpha value is -2.56. The molecule has 0 radical (unpaired) electrons. The zero-order valence-electron chi connectivity index (χ0n) is 12.0. The minimum Gasteiger partial charge on any atom is -0.409 e. The Morgan fingerprint density at radius 3 is 2.67 bits per heavy atom. The molecule has 21 heavy (non-hydrogen) atoms. The van der Waals surface area contributed by atoms with Crippen LogP contribution in [0.25, 0.3) is 0 Å². The second-order valence-electron chi connectivity index (χ2n) is 4.93. The number of oxime groups is 1. The van der Waals surface area contributed by atoms with Gasteiger partial charge in [0.1, 0.15) is 5.82 Å². The number of hydrogen-bond donors (Lipinski definition) is 2. The first-order valence-corrected chi connectivity index (χ1v) is 6.56. The number of aryl methyl sites for hydroxylation is 1. The minimum absolute atomic E-state index is 0.110. The van der Waals surface area contributed by atoms with Crippen molar-refractivity contribution < 1.29 is 9.60 Å². The van der Waals surface area contributed by atoms with Crippen molar-refractivity contribution in [3.05, 3.63) is 65.0 Å². The van der Waals surface area contributed by atoms with Crippen molar-refractivity contribution in [3.63, 3.8) is 0 Å². The van der Waals surface area contributed by atoms with Gasteiger partial charge in [0, 0.05) is 24.8 Å². The van der Waals surface area contributed by atoms with Gasteiger partial charge in [-0.1, -0.05) is 29.4 Å². The van der Waals surface area contributed by atoms with Crippen LogP contribution in [-0.2, 0) is 6.54 Å². The quantitative estimate of drug-likeness (QED) is 0.393. The highest BCUT2D eigenvalue weighted by Crippen LogP contribution is 2.23. The van der Waals surface area contributed by atoms with Crippen LogP contribution in [0.4, 0.5) is 10.1 Å².